The van der Waals surface area contributed by atoms with Crippen molar-refractivity contribution < 1.29 is 9.90 Å². The number of benzene rings is 1. The largest absolute Gasteiger partial charge is 0.481 e. The first-order valence-electron chi connectivity index (χ1n) is 4.57. The third-order valence-electron chi connectivity index (χ3n) is 2.03. The van der Waals surface area contributed by atoms with Gasteiger partial charge in [-0.05, 0) is 30.7 Å². The Morgan fingerprint density at radius 3 is 2.79 bits per heavy atom. The topological polar surface area (TPSA) is 37.3 Å². The zero-order chi connectivity index (χ0) is 10.4. The van der Waals surface area contributed by atoms with Gasteiger partial charge in [0.05, 0.1) is 0 Å². The third-order valence-corrected chi connectivity index (χ3v) is 2.87. The standard InChI is InChI=1S/C11H14O2S/c1-14-10-7-3-2-5-9(10)6-4-8-11(12)13/h2-3,5,7H,4,6,8H2,1H3,(H,12,13). The van der Waals surface area contributed by atoms with Gasteiger partial charge in [0, 0.05) is 11.3 Å². The van der Waals surface area contributed by atoms with Crippen molar-refractivity contribution in [2.24, 2.45) is 0 Å². The smallest absolute Gasteiger partial charge is 0.303 e. The fourth-order valence-electron chi connectivity index (χ4n) is 1.34. The van der Waals surface area contributed by atoms with Crippen molar-refractivity contribution in [3.8, 4) is 0 Å². The lowest BCUT2D eigenvalue weighted by atomic mass is 10.1. The van der Waals surface area contributed by atoms with E-state index in [9.17, 15) is 4.79 Å². The fraction of sp³-hybridized carbons (Fsp3) is 0.364. The van der Waals surface area contributed by atoms with Crippen molar-refractivity contribution in [3.63, 3.8) is 0 Å². The molecule has 1 rings (SSSR count). The first-order valence-corrected chi connectivity index (χ1v) is 5.80. The molecule has 0 aliphatic rings. The molecule has 3 heteroatoms. The second kappa shape index (κ2) is 5.70. The molecule has 0 radical (unpaired) electrons. The average molecular weight is 210 g/mol. The van der Waals surface area contributed by atoms with Gasteiger partial charge in [0.25, 0.3) is 0 Å². The molecule has 1 aromatic carbocycles. The number of rotatable bonds is 5. The van der Waals surface area contributed by atoms with Crippen LogP contribution in [0.25, 0.3) is 0 Å². The molecule has 1 aromatic rings. The van der Waals surface area contributed by atoms with Crippen molar-refractivity contribution in [1.29, 1.82) is 0 Å². The monoisotopic (exact) mass is 210 g/mol. The van der Waals surface area contributed by atoms with Gasteiger partial charge in [0.15, 0.2) is 0 Å². The molecule has 0 aliphatic carbocycles. The molecule has 0 amide bonds. The third kappa shape index (κ3) is 3.42. The Bertz CT molecular complexity index is 310. The summed E-state index contributed by atoms with van der Waals surface area (Å²) in [6.07, 6.45) is 3.86. The predicted molar refractivity (Wildman–Crippen MR) is 58.8 cm³/mol. The van der Waals surface area contributed by atoms with Gasteiger partial charge in [0.2, 0.25) is 0 Å². The van der Waals surface area contributed by atoms with Crippen LogP contribution in [0.5, 0.6) is 0 Å². The van der Waals surface area contributed by atoms with Crippen molar-refractivity contribution in [1.82, 2.24) is 0 Å². The first-order chi connectivity index (χ1) is 6.74. The Labute approximate surface area is 88.3 Å². The molecule has 0 aromatic heterocycles. The highest BCUT2D eigenvalue weighted by Crippen LogP contribution is 2.21. The lowest BCUT2D eigenvalue weighted by Crippen LogP contribution is -1.96. The summed E-state index contributed by atoms with van der Waals surface area (Å²) in [5.41, 5.74) is 1.25. The number of aryl methyl sites for hydroxylation is 1. The van der Waals surface area contributed by atoms with Crippen LogP contribution in [0.3, 0.4) is 0 Å². The first kappa shape index (κ1) is 11.1. The van der Waals surface area contributed by atoms with Crippen LogP contribution in [-0.4, -0.2) is 17.3 Å². The van der Waals surface area contributed by atoms with Crippen LogP contribution in [0.1, 0.15) is 18.4 Å². The van der Waals surface area contributed by atoms with Gasteiger partial charge in [-0.25, -0.2) is 0 Å². The number of carboxylic acids is 1. The van der Waals surface area contributed by atoms with Crippen molar-refractivity contribution in [2.75, 3.05) is 6.26 Å². The molecule has 14 heavy (non-hydrogen) atoms. The SMILES string of the molecule is CSc1ccccc1CCCC(=O)O. The zero-order valence-electron chi connectivity index (χ0n) is 8.19. The Hall–Kier alpha value is -0.960. The van der Waals surface area contributed by atoms with Crippen LogP contribution in [0, 0.1) is 0 Å². The number of carbonyl (C=O) groups is 1. The molecule has 1 N–H and O–H groups in total. The van der Waals surface area contributed by atoms with E-state index in [2.05, 4.69) is 12.1 Å². The van der Waals surface area contributed by atoms with E-state index in [1.165, 1.54) is 10.5 Å². The van der Waals surface area contributed by atoms with Gasteiger partial charge in [-0.2, -0.15) is 0 Å². The van der Waals surface area contributed by atoms with Crippen LogP contribution < -0.4 is 0 Å². The molecule has 0 aliphatic heterocycles. The van der Waals surface area contributed by atoms with Crippen molar-refractivity contribution in [2.45, 2.75) is 24.2 Å². The maximum atomic E-state index is 10.3. The Kier molecular flexibility index (Phi) is 4.53. The highest BCUT2D eigenvalue weighted by Gasteiger charge is 2.02. The molecule has 0 saturated carbocycles. The number of aliphatic carboxylic acids is 1. The summed E-state index contributed by atoms with van der Waals surface area (Å²) in [5.74, 6) is -0.716. The molecular formula is C11H14O2S. The minimum atomic E-state index is -0.716. The van der Waals surface area contributed by atoms with Crippen molar-refractivity contribution in [3.05, 3.63) is 29.8 Å². The van der Waals surface area contributed by atoms with E-state index in [1.54, 1.807) is 11.8 Å². The number of hydrogen-bond donors (Lipinski definition) is 1. The summed E-state index contributed by atoms with van der Waals surface area (Å²) in [6.45, 7) is 0. The van der Waals surface area contributed by atoms with E-state index in [1.807, 2.05) is 18.4 Å². The normalized spacial score (nSPS) is 10.1. The van der Waals surface area contributed by atoms with E-state index in [4.69, 9.17) is 5.11 Å². The summed E-state index contributed by atoms with van der Waals surface area (Å²) < 4.78 is 0. The van der Waals surface area contributed by atoms with Gasteiger partial charge in [0.1, 0.15) is 0 Å². The van der Waals surface area contributed by atoms with Crippen LogP contribution in [-0.2, 0) is 11.2 Å². The minimum absolute atomic E-state index is 0.253. The number of thioether (sulfide) groups is 1. The molecule has 0 saturated heterocycles. The van der Waals surface area contributed by atoms with E-state index in [0.717, 1.165) is 6.42 Å². The molecule has 0 spiro atoms. The number of hydrogen-bond acceptors (Lipinski definition) is 2. The lowest BCUT2D eigenvalue weighted by molar-refractivity contribution is -0.137. The fourth-order valence-corrected chi connectivity index (χ4v) is 1.99. The van der Waals surface area contributed by atoms with Crippen LogP contribution in [0.2, 0.25) is 0 Å². The predicted octanol–water partition coefficient (Wildman–Crippen LogP) is 2.82. The van der Waals surface area contributed by atoms with Crippen LogP contribution in [0.4, 0.5) is 0 Å². The molecule has 0 bridgehead atoms. The molecule has 0 unspecified atom stereocenters. The highest BCUT2D eigenvalue weighted by atomic mass is 32.2. The van der Waals surface area contributed by atoms with Crippen LogP contribution in [0.15, 0.2) is 29.2 Å². The summed E-state index contributed by atoms with van der Waals surface area (Å²) in [6, 6.07) is 8.14. The maximum Gasteiger partial charge on any atom is 0.303 e. The van der Waals surface area contributed by atoms with Crippen molar-refractivity contribution >= 4 is 17.7 Å². The summed E-state index contributed by atoms with van der Waals surface area (Å²) in [7, 11) is 0. The number of carboxylic acid groups (broad SMARTS) is 1. The summed E-state index contributed by atoms with van der Waals surface area (Å²) >= 11 is 1.71. The average Bonchev–Trinajstić information content (AvgIpc) is 2.18. The molecule has 2 nitrogen and oxygen atoms in total. The van der Waals surface area contributed by atoms with Crippen LogP contribution >= 0.6 is 11.8 Å². The quantitative estimate of drug-likeness (QED) is 0.759. The Morgan fingerprint density at radius 1 is 1.43 bits per heavy atom. The molecule has 76 valence electrons. The zero-order valence-corrected chi connectivity index (χ0v) is 9.01. The molecular weight excluding hydrogens is 196 g/mol. The summed E-state index contributed by atoms with van der Waals surface area (Å²) in [4.78, 5) is 11.6. The Morgan fingerprint density at radius 2 is 2.14 bits per heavy atom. The van der Waals surface area contributed by atoms with E-state index >= 15 is 0 Å². The molecule has 0 atom stereocenters. The van der Waals surface area contributed by atoms with E-state index in [0.29, 0.717) is 6.42 Å². The van der Waals surface area contributed by atoms with Gasteiger partial charge in [-0.15, -0.1) is 11.8 Å². The Balaban J connectivity index is 2.53. The molecule has 0 fully saturated rings. The van der Waals surface area contributed by atoms with E-state index < -0.39 is 5.97 Å². The maximum absolute atomic E-state index is 10.3. The second-order valence-corrected chi connectivity index (χ2v) is 3.91. The minimum Gasteiger partial charge on any atom is -0.481 e. The lowest BCUT2D eigenvalue weighted by Gasteiger charge is -2.05. The van der Waals surface area contributed by atoms with E-state index in [-0.39, 0.29) is 6.42 Å². The summed E-state index contributed by atoms with van der Waals surface area (Å²) in [5, 5.41) is 8.51. The van der Waals surface area contributed by atoms with Gasteiger partial charge < -0.3 is 5.11 Å². The van der Waals surface area contributed by atoms with Gasteiger partial charge in [-0.3, -0.25) is 4.79 Å². The van der Waals surface area contributed by atoms with Gasteiger partial charge >= 0.3 is 5.97 Å². The molecule has 0 heterocycles. The highest BCUT2D eigenvalue weighted by molar-refractivity contribution is 7.98. The second-order valence-electron chi connectivity index (χ2n) is 3.06. The van der Waals surface area contributed by atoms with Gasteiger partial charge in [-0.1, -0.05) is 18.2 Å².